The Balaban J connectivity index is 2.79. The van der Waals surface area contributed by atoms with Gasteiger partial charge in [-0.3, -0.25) is 9.59 Å². The summed E-state index contributed by atoms with van der Waals surface area (Å²) >= 11 is 5.82. The summed E-state index contributed by atoms with van der Waals surface area (Å²) in [6, 6.07) is 4.70. The Hall–Kier alpha value is -1.75. The van der Waals surface area contributed by atoms with Gasteiger partial charge in [-0.25, -0.2) is 0 Å². The zero-order valence-corrected chi connectivity index (χ0v) is 9.25. The van der Waals surface area contributed by atoms with Gasteiger partial charge in [0.05, 0.1) is 17.8 Å². The Kier molecular flexibility index (Phi) is 4.13. The number of carboxylic acid groups (broad SMARTS) is 1. The maximum atomic E-state index is 11.2. The molecule has 0 aromatic heterocycles. The van der Waals surface area contributed by atoms with Gasteiger partial charge in [0.1, 0.15) is 12.2 Å². The summed E-state index contributed by atoms with van der Waals surface area (Å²) in [5.41, 5.74) is 0.326. The van der Waals surface area contributed by atoms with E-state index in [2.05, 4.69) is 5.32 Å². The maximum Gasteiger partial charge on any atom is 0.312 e. The van der Waals surface area contributed by atoms with Gasteiger partial charge in [-0.05, 0) is 12.1 Å². The zero-order valence-electron chi connectivity index (χ0n) is 8.49. The molecule has 5 nitrogen and oxygen atoms in total. The van der Waals surface area contributed by atoms with Gasteiger partial charge in [0.2, 0.25) is 5.91 Å². The second kappa shape index (κ2) is 5.37. The molecule has 1 aromatic carbocycles. The van der Waals surface area contributed by atoms with Gasteiger partial charge in [-0.15, -0.1) is 0 Å². The van der Waals surface area contributed by atoms with Crippen LogP contribution >= 0.6 is 11.6 Å². The third kappa shape index (κ3) is 3.43. The molecular formula is C10H10ClNO4. The highest BCUT2D eigenvalue weighted by Crippen LogP contribution is 2.26. The normalized spacial score (nSPS) is 9.62. The van der Waals surface area contributed by atoms with E-state index in [0.717, 1.165) is 0 Å². The van der Waals surface area contributed by atoms with E-state index < -0.39 is 18.3 Å². The molecule has 0 unspecified atom stereocenters. The van der Waals surface area contributed by atoms with E-state index in [9.17, 15) is 9.59 Å². The van der Waals surface area contributed by atoms with E-state index in [0.29, 0.717) is 16.5 Å². The van der Waals surface area contributed by atoms with Crippen molar-refractivity contribution in [2.24, 2.45) is 0 Å². The minimum atomic E-state index is -1.20. The first-order valence-electron chi connectivity index (χ1n) is 4.38. The largest absolute Gasteiger partial charge is 0.497 e. The lowest BCUT2D eigenvalue weighted by Crippen LogP contribution is -2.16. The number of halogens is 1. The highest BCUT2D eigenvalue weighted by molar-refractivity contribution is 6.33. The lowest BCUT2D eigenvalue weighted by molar-refractivity contribution is -0.139. The van der Waals surface area contributed by atoms with Crippen molar-refractivity contribution in [3.05, 3.63) is 23.2 Å². The second-order valence-electron chi connectivity index (χ2n) is 2.96. The van der Waals surface area contributed by atoms with Gasteiger partial charge in [-0.1, -0.05) is 11.6 Å². The molecule has 1 rings (SSSR count). The van der Waals surface area contributed by atoms with Crippen LogP contribution in [0.25, 0.3) is 0 Å². The number of methoxy groups -OCH3 is 1. The number of hydrogen-bond donors (Lipinski definition) is 2. The number of rotatable bonds is 4. The summed E-state index contributed by atoms with van der Waals surface area (Å²) in [4.78, 5) is 21.5. The van der Waals surface area contributed by atoms with Crippen molar-refractivity contribution in [2.75, 3.05) is 12.4 Å². The summed E-state index contributed by atoms with van der Waals surface area (Å²) in [5.74, 6) is -1.31. The Morgan fingerprint density at radius 3 is 2.75 bits per heavy atom. The van der Waals surface area contributed by atoms with Crippen molar-refractivity contribution in [3.8, 4) is 5.75 Å². The average Bonchev–Trinajstić information content (AvgIpc) is 2.20. The lowest BCUT2D eigenvalue weighted by Gasteiger charge is -2.07. The molecule has 16 heavy (non-hydrogen) atoms. The second-order valence-corrected chi connectivity index (χ2v) is 3.37. The molecule has 1 aromatic rings. The number of benzene rings is 1. The standard InChI is InChI=1S/C10H10ClNO4/c1-16-6-2-3-7(11)8(4-6)12-9(13)5-10(14)15/h2-4H,5H2,1H3,(H,12,13)(H,14,15). The van der Waals surface area contributed by atoms with Gasteiger partial charge in [0.25, 0.3) is 0 Å². The minimum Gasteiger partial charge on any atom is -0.497 e. The van der Waals surface area contributed by atoms with Gasteiger partial charge in [-0.2, -0.15) is 0 Å². The SMILES string of the molecule is COc1ccc(Cl)c(NC(=O)CC(=O)O)c1. The van der Waals surface area contributed by atoms with Crippen LogP contribution in [0.2, 0.25) is 5.02 Å². The molecule has 0 aliphatic rings. The average molecular weight is 244 g/mol. The molecule has 86 valence electrons. The third-order valence-corrected chi connectivity index (χ3v) is 2.09. The van der Waals surface area contributed by atoms with E-state index in [1.54, 1.807) is 12.1 Å². The summed E-state index contributed by atoms with van der Waals surface area (Å²) in [5, 5.41) is 11.1. The number of aliphatic carboxylic acids is 1. The fourth-order valence-electron chi connectivity index (χ4n) is 1.06. The number of amides is 1. The van der Waals surface area contributed by atoms with Crippen LogP contribution in [0, 0.1) is 0 Å². The number of carboxylic acids is 1. The Morgan fingerprint density at radius 1 is 1.50 bits per heavy atom. The van der Waals surface area contributed by atoms with Crippen LogP contribution in [0.3, 0.4) is 0 Å². The molecule has 0 radical (unpaired) electrons. The Labute approximate surface area is 97.0 Å². The van der Waals surface area contributed by atoms with E-state index in [1.165, 1.54) is 13.2 Å². The van der Waals surface area contributed by atoms with Crippen molar-refractivity contribution < 1.29 is 19.4 Å². The third-order valence-electron chi connectivity index (χ3n) is 1.76. The number of carbonyl (C=O) groups excluding carboxylic acids is 1. The summed E-state index contributed by atoms with van der Waals surface area (Å²) in [6.07, 6.45) is -0.604. The summed E-state index contributed by atoms with van der Waals surface area (Å²) in [6.45, 7) is 0. The first-order chi connectivity index (χ1) is 7.52. The first kappa shape index (κ1) is 12.3. The van der Waals surface area contributed by atoms with Crippen LogP contribution in [-0.2, 0) is 9.59 Å². The monoisotopic (exact) mass is 243 g/mol. The molecule has 0 fully saturated rings. The van der Waals surface area contributed by atoms with Crippen LogP contribution in [0.5, 0.6) is 5.75 Å². The van der Waals surface area contributed by atoms with Gasteiger partial charge in [0, 0.05) is 6.07 Å². The Morgan fingerprint density at radius 2 is 2.19 bits per heavy atom. The predicted octanol–water partition coefficient (Wildman–Crippen LogP) is 1.76. The van der Waals surface area contributed by atoms with Crippen molar-refractivity contribution >= 4 is 29.2 Å². The molecule has 0 aliphatic heterocycles. The van der Waals surface area contributed by atoms with E-state index in [-0.39, 0.29) is 0 Å². The minimum absolute atomic E-state index is 0.319. The molecule has 6 heteroatoms. The number of ether oxygens (including phenoxy) is 1. The van der Waals surface area contributed by atoms with Crippen LogP contribution in [-0.4, -0.2) is 24.1 Å². The van der Waals surface area contributed by atoms with Crippen LogP contribution in [0.4, 0.5) is 5.69 Å². The van der Waals surface area contributed by atoms with Crippen molar-refractivity contribution in [1.82, 2.24) is 0 Å². The molecule has 2 N–H and O–H groups in total. The first-order valence-corrected chi connectivity index (χ1v) is 4.76. The highest BCUT2D eigenvalue weighted by atomic mass is 35.5. The molecule has 0 atom stereocenters. The van der Waals surface area contributed by atoms with Gasteiger partial charge in [0.15, 0.2) is 0 Å². The fraction of sp³-hybridized carbons (Fsp3) is 0.200. The summed E-state index contributed by atoms with van der Waals surface area (Å²) < 4.78 is 4.95. The smallest absolute Gasteiger partial charge is 0.312 e. The number of anilines is 1. The van der Waals surface area contributed by atoms with Crippen molar-refractivity contribution in [3.63, 3.8) is 0 Å². The number of nitrogens with one attached hydrogen (secondary N) is 1. The highest BCUT2D eigenvalue weighted by Gasteiger charge is 2.10. The molecule has 0 aliphatic carbocycles. The molecule has 1 amide bonds. The maximum absolute atomic E-state index is 11.2. The number of hydrogen-bond acceptors (Lipinski definition) is 3. The molecule has 0 spiro atoms. The number of carbonyl (C=O) groups is 2. The molecule has 0 saturated carbocycles. The van der Waals surface area contributed by atoms with E-state index in [1.807, 2.05) is 0 Å². The van der Waals surface area contributed by atoms with E-state index >= 15 is 0 Å². The molecule has 0 bridgehead atoms. The van der Waals surface area contributed by atoms with Crippen molar-refractivity contribution in [1.29, 1.82) is 0 Å². The van der Waals surface area contributed by atoms with Crippen LogP contribution < -0.4 is 10.1 Å². The van der Waals surface area contributed by atoms with Crippen LogP contribution in [0.15, 0.2) is 18.2 Å². The Bertz CT molecular complexity index is 419. The molecular weight excluding hydrogens is 234 g/mol. The van der Waals surface area contributed by atoms with Crippen LogP contribution in [0.1, 0.15) is 6.42 Å². The molecule has 0 saturated heterocycles. The van der Waals surface area contributed by atoms with Gasteiger partial charge >= 0.3 is 5.97 Å². The topological polar surface area (TPSA) is 75.6 Å². The van der Waals surface area contributed by atoms with Gasteiger partial charge < -0.3 is 15.2 Å². The molecule has 0 heterocycles. The van der Waals surface area contributed by atoms with E-state index in [4.69, 9.17) is 21.4 Å². The quantitative estimate of drug-likeness (QED) is 0.790. The lowest BCUT2D eigenvalue weighted by atomic mass is 10.3. The summed E-state index contributed by atoms with van der Waals surface area (Å²) in [7, 11) is 1.48. The zero-order chi connectivity index (χ0) is 12.1. The fourth-order valence-corrected chi connectivity index (χ4v) is 1.22. The van der Waals surface area contributed by atoms with Crippen molar-refractivity contribution in [2.45, 2.75) is 6.42 Å². The predicted molar refractivity (Wildman–Crippen MR) is 58.9 cm³/mol.